The summed E-state index contributed by atoms with van der Waals surface area (Å²) in [5, 5.41) is 5.77. The topological polar surface area (TPSA) is 54.0 Å². The average molecular weight is 209 g/mol. The minimum atomic E-state index is -0.545. The standard InChI is InChI=1S/C10H12FN3O/c11-9-2-1-8(6-13-9)14-10(15)3-7-4-12-5-7/h1-2,6-7,12H,3-5H2,(H,14,15). The molecule has 1 saturated heterocycles. The smallest absolute Gasteiger partial charge is 0.224 e. The number of carbonyl (C=O) groups is 1. The Balaban J connectivity index is 1.84. The number of halogens is 1. The van der Waals surface area contributed by atoms with Crippen LogP contribution in [0, 0.1) is 11.9 Å². The van der Waals surface area contributed by atoms with E-state index in [0.717, 1.165) is 13.1 Å². The number of hydrogen-bond donors (Lipinski definition) is 2. The molecule has 0 saturated carbocycles. The van der Waals surface area contributed by atoms with E-state index in [1.165, 1.54) is 18.3 Å². The lowest BCUT2D eigenvalue weighted by Crippen LogP contribution is -2.43. The van der Waals surface area contributed by atoms with Gasteiger partial charge in [-0.3, -0.25) is 4.79 Å². The maximum absolute atomic E-state index is 12.5. The molecular weight excluding hydrogens is 197 g/mol. The van der Waals surface area contributed by atoms with Gasteiger partial charge in [0.15, 0.2) is 0 Å². The van der Waals surface area contributed by atoms with E-state index in [0.29, 0.717) is 18.0 Å². The van der Waals surface area contributed by atoms with Gasteiger partial charge in [0.2, 0.25) is 11.9 Å². The van der Waals surface area contributed by atoms with Crippen LogP contribution in [-0.2, 0) is 4.79 Å². The Morgan fingerprint density at radius 3 is 2.93 bits per heavy atom. The van der Waals surface area contributed by atoms with Crippen molar-refractivity contribution in [2.24, 2.45) is 5.92 Å². The summed E-state index contributed by atoms with van der Waals surface area (Å²) in [5.41, 5.74) is 0.536. The molecule has 2 N–H and O–H groups in total. The SMILES string of the molecule is O=C(CC1CNC1)Nc1ccc(F)nc1. The molecule has 1 aromatic rings. The van der Waals surface area contributed by atoms with Gasteiger partial charge >= 0.3 is 0 Å². The fourth-order valence-corrected chi connectivity index (χ4v) is 1.42. The highest BCUT2D eigenvalue weighted by atomic mass is 19.1. The molecule has 1 aromatic heterocycles. The zero-order valence-electron chi connectivity index (χ0n) is 8.16. The minimum Gasteiger partial charge on any atom is -0.325 e. The first kappa shape index (κ1) is 10.0. The highest BCUT2D eigenvalue weighted by molar-refractivity contribution is 5.90. The molecule has 2 heterocycles. The summed E-state index contributed by atoms with van der Waals surface area (Å²) >= 11 is 0. The first-order chi connectivity index (χ1) is 7.24. The molecule has 0 aromatic carbocycles. The van der Waals surface area contributed by atoms with E-state index in [1.807, 2.05) is 0 Å². The van der Waals surface area contributed by atoms with Crippen LogP contribution < -0.4 is 10.6 Å². The predicted molar refractivity (Wildman–Crippen MR) is 53.8 cm³/mol. The Morgan fingerprint density at radius 2 is 2.40 bits per heavy atom. The maximum atomic E-state index is 12.5. The second-order valence-electron chi connectivity index (χ2n) is 3.65. The second-order valence-corrected chi connectivity index (χ2v) is 3.65. The van der Waals surface area contributed by atoms with Gasteiger partial charge in [-0.15, -0.1) is 0 Å². The third kappa shape index (κ3) is 2.73. The Labute approximate surface area is 86.9 Å². The van der Waals surface area contributed by atoms with Gasteiger partial charge in [0.05, 0.1) is 11.9 Å². The number of aromatic nitrogens is 1. The van der Waals surface area contributed by atoms with Crippen LogP contribution in [0.25, 0.3) is 0 Å². The van der Waals surface area contributed by atoms with Crippen molar-refractivity contribution in [3.63, 3.8) is 0 Å². The number of rotatable bonds is 3. The number of nitrogens with one attached hydrogen (secondary N) is 2. The van der Waals surface area contributed by atoms with Gasteiger partial charge < -0.3 is 10.6 Å². The molecule has 1 amide bonds. The summed E-state index contributed by atoms with van der Waals surface area (Å²) in [5.74, 6) is -0.162. The Kier molecular flexibility index (Phi) is 2.91. The molecule has 0 bridgehead atoms. The van der Waals surface area contributed by atoms with Gasteiger partial charge in [0.1, 0.15) is 0 Å². The lowest BCUT2D eigenvalue weighted by atomic mass is 9.99. The van der Waals surface area contributed by atoms with E-state index >= 15 is 0 Å². The molecule has 0 aliphatic carbocycles. The highest BCUT2D eigenvalue weighted by Gasteiger charge is 2.19. The number of hydrogen-bond acceptors (Lipinski definition) is 3. The Hall–Kier alpha value is -1.49. The molecule has 1 aliphatic heterocycles. The molecule has 80 valence electrons. The summed E-state index contributed by atoms with van der Waals surface area (Å²) in [6.07, 6.45) is 1.82. The number of nitrogens with zero attached hydrogens (tertiary/aromatic N) is 1. The summed E-state index contributed by atoms with van der Waals surface area (Å²) < 4.78 is 12.5. The first-order valence-corrected chi connectivity index (χ1v) is 4.86. The Bertz CT molecular complexity index is 348. The van der Waals surface area contributed by atoms with Crippen molar-refractivity contribution < 1.29 is 9.18 Å². The molecule has 0 spiro atoms. The largest absolute Gasteiger partial charge is 0.325 e. The van der Waals surface area contributed by atoms with E-state index in [1.54, 1.807) is 0 Å². The van der Waals surface area contributed by atoms with Gasteiger partial charge in [0.25, 0.3) is 0 Å². The van der Waals surface area contributed by atoms with Crippen molar-refractivity contribution >= 4 is 11.6 Å². The van der Waals surface area contributed by atoms with Gasteiger partial charge in [-0.1, -0.05) is 0 Å². The molecule has 0 unspecified atom stereocenters. The monoisotopic (exact) mass is 209 g/mol. The molecule has 2 rings (SSSR count). The number of amides is 1. The Morgan fingerprint density at radius 1 is 1.60 bits per heavy atom. The fraction of sp³-hybridized carbons (Fsp3) is 0.400. The van der Waals surface area contributed by atoms with Gasteiger partial charge in [0, 0.05) is 6.42 Å². The first-order valence-electron chi connectivity index (χ1n) is 4.86. The number of pyridine rings is 1. The van der Waals surface area contributed by atoms with Crippen LogP contribution in [0.5, 0.6) is 0 Å². The number of anilines is 1. The highest BCUT2D eigenvalue weighted by Crippen LogP contribution is 2.11. The molecule has 0 radical (unpaired) electrons. The van der Waals surface area contributed by atoms with Crippen LogP contribution in [0.2, 0.25) is 0 Å². The molecule has 4 nitrogen and oxygen atoms in total. The molecule has 1 aliphatic rings. The van der Waals surface area contributed by atoms with Crippen molar-refractivity contribution in [1.29, 1.82) is 0 Å². The van der Waals surface area contributed by atoms with Crippen molar-refractivity contribution in [1.82, 2.24) is 10.3 Å². The van der Waals surface area contributed by atoms with E-state index in [-0.39, 0.29) is 5.91 Å². The lowest BCUT2D eigenvalue weighted by molar-refractivity contribution is -0.117. The van der Waals surface area contributed by atoms with Gasteiger partial charge in [-0.25, -0.2) is 4.98 Å². The van der Waals surface area contributed by atoms with Crippen LogP contribution in [0.15, 0.2) is 18.3 Å². The maximum Gasteiger partial charge on any atom is 0.224 e. The molecule has 5 heteroatoms. The quantitative estimate of drug-likeness (QED) is 0.723. The van der Waals surface area contributed by atoms with Gasteiger partial charge in [-0.05, 0) is 31.1 Å². The van der Waals surface area contributed by atoms with Gasteiger partial charge in [-0.2, -0.15) is 4.39 Å². The summed E-state index contributed by atoms with van der Waals surface area (Å²) in [7, 11) is 0. The molecule has 1 fully saturated rings. The van der Waals surface area contributed by atoms with Crippen LogP contribution >= 0.6 is 0 Å². The van der Waals surface area contributed by atoms with E-state index in [9.17, 15) is 9.18 Å². The normalized spacial score (nSPS) is 15.8. The van der Waals surface area contributed by atoms with E-state index in [4.69, 9.17) is 0 Å². The summed E-state index contributed by atoms with van der Waals surface area (Å²) in [6, 6.07) is 2.72. The third-order valence-corrected chi connectivity index (χ3v) is 2.35. The molecule has 0 atom stereocenters. The molecule has 15 heavy (non-hydrogen) atoms. The van der Waals surface area contributed by atoms with Crippen LogP contribution in [0.4, 0.5) is 10.1 Å². The lowest BCUT2D eigenvalue weighted by Gasteiger charge is -2.26. The minimum absolute atomic E-state index is 0.0464. The van der Waals surface area contributed by atoms with E-state index in [2.05, 4.69) is 15.6 Å². The summed E-state index contributed by atoms with van der Waals surface area (Å²) in [6.45, 7) is 1.80. The average Bonchev–Trinajstić information content (AvgIpc) is 2.16. The van der Waals surface area contributed by atoms with Crippen molar-refractivity contribution in [3.8, 4) is 0 Å². The zero-order valence-corrected chi connectivity index (χ0v) is 8.16. The number of carbonyl (C=O) groups excluding carboxylic acids is 1. The third-order valence-electron chi connectivity index (χ3n) is 2.35. The van der Waals surface area contributed by atoms with Crippen LogP contribution in [0.3, 0.4) is 0 Å². The van der Waals surface area contributed by atoms with Crippen molar-refractivity contribution in [2.75, 3.05) is 18.4 Å². The van der Waals surface area contributed by atoms with Crippen LogP contribution in [0.1, 0.15) is 6.42 Å². The second kappa shape index (κ2) is 4.35. The van der Waals surface area contributed by atoms with Crippen molar-refractivity contribution in [3.05, 3.63) is 24.3 Å². The van der Waals surface area contributed by atoms with Crippen LogP contribution in [-0.4, -0.2) is 24.0 Å². The fourth-order valence-electron chi connectivity index (χ4n) is 1.42. The zero-order chi connectivity index (χ0) is 10.7. The van der Waals surface area contributed by atoms with Crippen molar-refractivity contribution in [2.45, 2.75) is 6.42 Å². The predicted octanol–water partition coefficient (Wildman–Crippen LogP) is 0.769. The summed E-state index contributed by atoms with van der Waals surface area (Å²) in [4.78, 5) is 14.9. The van der Waals surface area contributed by atoms with E-state index < -0.39 is 5.95 Å². The molecular formula is C10H12FN3O.